The van der Waals surface area contributed by atoms with Crippen LogP contribution in [0.1, 0.15) is 43.6 Å². The van der Waals surface area contributed by atoms with E-state index in [-0.39, 0.29) is 17.9 Å². The molecule has 174 valence electrons. The number of nitro benzene ring substituents is 1. The highest BCUT2D eigenvalue weighted by molar-refractivity contribution is 7.12. The van der Waals surface area contributed by atoms with E-state index < -0.39 is 28.8 Å². The van der Waals surface area contributed by atoms with E-state index in [2.05, 4.69) is 0 Å². The van der Waals surface area contributed by atoms with Crippen LogP contribution in [0.5, 0.6) is 0 Å². The van der Waals surface area contributed by atoms with Crippen LogP contribution in [0, 0.1) is 10.1 Å². The van der Waals surface area contributed by atoms with Crippen LogP contribution in [0.4, 0.5) is 5.69 Å². The second kappa shape index (κ2) is 10.4. The molecule has 0 aliphatic carbocycles. The van der Waals surface area contributed by atoms with E-state index in [1.165, 1.54) is 35.6 Å². The number of benzene rings is 1. The Morgan fingerprint density at radius 1 is 1.27 bits per heavy atom. The molecule has 0 radical (unpaired) electrons. The first-order valence-electron chi connectivity index (χ1n) is 10.5. The lowest BCUT2D eigenvalue weighted by Gasteiger charge is -2.36. The number of nitrogens with zero attached hydrogens (tertiary/aromatic N) is 3. The summed E-state index contributed by atoms with van der Waals surface area (Å²) in [6.45, 7) is 5.46. The number of hydrazone groups is 1. The second-order valence-corrected chi connectivity index (χ2v) is 8.21. The van der Waals surface area contributed by atoms with E-state index in [0.717, 1.165) is 4.88 Å². The first-order valence-corrected chi connectivity index (χ1v) is 11.3. The zero-order valence-electron chi connectivity index (χ0n) is 18.8. The van der Waals surface area contributed by atoms with Crippen LogP contribution in [0.15, 0.2) is 58.1 Å². The molecule has 0 saturated carbocycles. The average molecular weight is 472 g/mol. The molecule has 1 aliphatic rings. The van der Waals surface area contributed by atoms with Crippen molar-refractivity contribution in [2.75, 3.05) is 13.7 Å². The minimum absolute atomic E-state index is 0.0970. The molecule has 1 aromatic heterocycles. The van der Waals surface area contributed by atoms with Crippen molar-refractivity contribution in [1.29, 1.82) is 0 Å². The topological polar surface area (TPSA) is 111 Å². The van der Waals surface area contributed by atoms with Crippen LogP contribution in [0.25, 0.3) is 0 Å². The van der Waals surface area contributed by atoms with Crippen LogP contribution in [-0.2, 0) is 19.1 Å². The Kier molecular flexibility index (Phi) is 7.59. The summed E-state index contributed by atoms with van der Waals surface area (Å²) in [4.78, 5) is 37.4. The molecule has 0 bridgehead atoms. The molecule has 1 aromatic carbocycles. The fourth-order valence-electron chi connectivity index (χ4n) is 3.83. The van der Waals surface area contributed by atoms with Crippen LogP contribution >= 0.6 is 11.3 Å². The third kappa shape index (κ3) is 4.80. The number of rotatable bonds is 8. The van der Waals surface area contributed by atoms with Gasteiger partial charge in [0.1, 0.15) is 6.04 Å². The standard InChI is InChI=1S/C23H25N3O6S/c1-5-17(22(27)32-6-2)25-14(3)19(23(28)31-4)20(21(24-25)18-11-8-12-33-18)15-9-7-10-16(13-15)26(29)30/h7-13,17,20H,5-6H2,1-4H3. The van der Waals surface area contributed by atoms with Crippen molar-refractivity contribution in [3.8, 4) is 0 Å². The Hall–Kier alpha value is -3.53. The van der Waals surface area contributed by atoms with Crippen LogP contribution in [0.2, 0.25) is 0 Å². The lowest BCUT2D eigenvalue weighted by molar-refractivity contribution is -0.384. The second-order valence-electron chi connectivity index (χ2n) is 7.26. The molecule has 33 heavy (non-hydrogen) atoms. The van der Waals surface area contributed by atoms with Gasteiger partial charge in [0.15, 0.2) is 0 Å². The highest BCUT2D eigenvalue weighted by atomic mass is 32.1. The normalized spacial score (nSPS) is 16.8. The molecular weight excluding hydrogens is 446 g/mol. The maximum Gasteiger partial charge on any atom is 0.336 e. The number of hydrogen-bond donors (Lipinski definition) is 0. The third-order valence-electron chi connectivity index (χ3n) is 5.34. The largest absolute Gasteiger partial charge is 0.466 e. The summed E-state index contributed by atoms with van der Waals surface area (Å²) in [6, 6.07) is 9.07. The molecule has 2 heterocycles. The Morgan fingerprint density at radius 2 is 2.03 bits per heavy atom. The quantitative estimate of drug-likeness (QED) is 0.321. The van der Waals surface area contributed by atoms with Gasteiger partial charge in [0.05, 0.1) is 40.7 Å². The zero-order chi connectivity index (χ0) is 24.1. The summed E-state index contributed by atoms with van der Waals surface area (Å²) in [5.41, 5.74) is 1.62. The number of carbonyl (C=O) groups is 2. The average Bonchev–Trinajstić information content (AvgIpc) is 3.34. The molecule has 0 spiro atoms. The summed E-state index contributed by atoms with van der Waals surface area (Å²) in [5, 5.41) is 19.6. The monoisotopic (exact) mass is 471 g/mol. The van der Waals surface area contributed by atoms with Crippen LogP contribution in [0.3, 0.4) is 0 Å². The van der Waals surface area contributed by atoms with Gasteiger partial charge in [-0.2, -0.15) is 5.10 Å². The van der Waals surface area contributed by atoms with E-state index >= 15 is 0 Å². The van der Waals surface area contributed by atoms with E-state index in [1.807, 2.05) is 24.4 Å². The van der Waals surface area contributed by atoms with Gasteiger partial charge in [-0.3, -0.25) is 15.1 Å². The number of nitro groups is 1. The Morgan fingerprint density at radius 3 is 2.61 bits per heavy atom. The number of thiophene rings is 1. The van der Waals surface area contributed by atoms with Crippen molar-refractivity contribution in [2.45, 2.75) is 39.2 Å². The van der Waals surface area contributed by atoms with Gasteiger partial charge in [0.2, 0.25) is 0 Å². The summed E-state index contributed by atoms with van der Waals surface area (Å²) < 4.78 is 10.3. The summed E-state index contributed by atoms with van der Waals surface area (Å²) in [6.07, 6.45) is 0.396. The molecule has 1 aliphatic heterocycles. The van der Waals surface area contributed by atoms with Gasteiger partial charge in [0.25, 0.3) is 5.69 Å². The number of methoxy groups -OCH3 is 1. The van der Waals surface area contributed by atoms with Crippen molar-refractivity contribution in [2.24, 2.45) is 5.10 Å². The highest BCUT2D eigenvalue weighted by Crippen LogP contribution is 2.39. The highest BCUT2D eigenvalue weighted by Gasteiger charge is 2.40. The minimum atomic E-state index is -0.745. The maximum atomic E-state index is 13.0. The Labute approximate surface area is 195 Å². The molecule has 3 rings (SSSR count). The predicted octanol–water partition coefficient (Wildman–Crippen LogP) is 4.25. The van der Waals surface area contributed by atoms with Gasteiger partial charge >= 0.3 is 11.9 Å². The van der Waals surface area contributed by atoms with E-state index in [4.69, 9.17) is 14.6 Å². The Balaban J connectivity index is 2.27. The van der Waals surface area contributed by atoms with Crippen molar-refractivity contribution in [3.05, 3.63) is 73.6 Å². The molecule has 2 aromatic rings. The van der Waals surface area contributed by atoms with Gasteiger partial charge in [-0.15, -0.1) is 11.3 Å². The summed E-state index contributed by atoms with van der Waals surface area (Å²) >= 11 is 1.42. The SMILES string of the molecule is CCOC(=O)C(CC)N1N=C(c2cccs2)C(c2cccc([N+](=O)[O-])c2)C(C(=O)OC)=C1C. The van der Waals surface area contributed by atoms with Gasteiger partial charge in [0, 0.05) is 17.8 Å². The summed E-state index contributed by atoms with van der Waals surface area (Å²) in [7, 11) is 1.27. The molecule has 0 fully saturated rings. The maximum absolute atomic E-state index is 13.0. The van der Waals surface area contributed by atoms with Crippen molar-refractivity contribution < 1.29 is 24.0 Å². The number of hydrogen-bond acceptors (Lipinski definition) is 9. The van der Waals surface area contributed by atoms with Gasteiger partial charge in [-0.1, -0.05) is 25.1 Å². The van der Waals surface area contributed by atoms with E-state index in [0.29, 0.717) is 23.4 Å². The lowest BCUT2D eigenvalue weighted by atomic mass is 9.83. The minimum Gasteiger partial charge on any atom is -0.466 e. The first kappa shape index (κ1) is 24.1. The fraction of sp³-hybridized carbons (Fsp3) is 0.348. The molecule has 0 saturated heterocycles. The van der Waals surface area contributed by atoms with Crippen LogP contribution in [-0.4, -0.2) is 47.3 Å². The molecular formula is C23H25N3O6S. The molecule has 2 unspecified atom stereocenters. The lowest BCUT2D eigenvalue weighted by Crippen LogP contribution is -2.43. The van der Waals surface area contributed by atoms with Gasteiger partial charge in [-0.05, 0) is 37.3 Å². The first-order chi connectivity index (χ1) is 15.8. The smallest absolute Gasteiger partial charge is 0.336 e. The van der Waals surface area contributed by atoms with E-state index in [9.17, 15) is 19.7 Å². The van der Waals surface area contributed by atoms with E-state index in [1.54, 1.807) is 26.0 Å². The van der Waals surface area contributed by atoms with Crippen molar-refractivity contribution in [1.82, 2.24) is 5.01 Å². The van der Waals surface area contributed by atoms with Gasteiger partial charge in [-0.25, -0.2) is 9.59 Å². The summed E-state index contributed by atoms with van der Waals surface area (Å²) in [5.74, 6) is -1.77. The fourth-order valence-corrected chi connectivity index (χ4v) is 4.57. The van der Waals surface area contributed by atoms with Crippen molar-refractivity contribution in [3.63, 3.8) is 0 Å². The molecule has 10 heteroatoms. The van der Waals surface area contributed by atoms with Crippen LogP contribution < -0.4 is 0 Å². The number of esters is 2. The number of non-ortho nitro benzene ring substituents is 1. The number of carbonyl (C=O) groups excluding carboxylic acids is 2. The number of allylic oxidation sites excluding steroid dienone is 1. The molecule has 2 atom stereocenters. The predicted molar refractivity (Wildman–Crippen MR) is 124 cm³/mol. The molecule has 0 amide bonds. The zero-order valence-corrected chi connectivity index (χ0v) is 19.6. The van der Waals surface area contributed by atoms with Crippen molar-refractivity contribution >= 4 is 34.7 Å². The Bertz CT molecular complexity index is 1110. The number of ether oxygens (including phenoxy) is 2. The van der Waals surface area contributed by atoms with Gasteiger partial charge < -0.3 is 9.47 Å². The molecule has 9 nitrogen and oxygen atoms in total. The third-order valence-corrected chi connectivity index (χ3v) is 6.24. The molecule has 0 N–H and O–H groups in total.